The molecule has 0 atom stereocenters. The van der Waals surface area contributed by atoms with Crippen molar-refractivity contribution in [3.8, 4) is 11.5 Å². The number of benzene rings is 2. The zero-order valence-electron chi connectivity index (χ0n) is 20.3. The Morgan fingerprint density at radius 1 is 1.00 bits per heavy atom. The molecule has 0 spiro atoms. The molecule has 5 rings (SSSR count). The zero-order chi connectivity index (χ0) is 25.6. The van der Waals surface area contributed by atoms with Gasteiger partial charge < -0.3 is 9.47 Å². The van der Waals surface area contributed by atoms with Gasteiger partial charge in [0.2, 0.25) is 5.17 Å². The second-order valence-corrected chi connectivity index (χ2v) is 9.24. The molecule has 2 aliphatic rings. The van der Waals surface area contributed by atoms with Crippen LogP contribution in [0, 0.1) is 5.41 Å². The van der Waals surface area contributed by atoms with Crippen LogP contribution in [0.4, 0.5) is 0 Å². The molecule has 3 heterocycles. The first kappa shape index (κ1) is 24.5. The van der Waals surface area contributed by atoms with E-state index in [9.17, 15) is 4.79 Å². The van der Waals surface area contributed by atoms with Gasteiger partial charge in [0, 0.05) is 24.4 Å². The van der Waals surface area contributed by atoms with E-state index >= 15 is 0 Å². The molecule has 1 aromatic heterocycles. The van der Waals surface area contributed by atoms with Gasteiger partial charge in [0.25, 0.3) is 5.91 Å². The number of pyridine rings is 1. The minimum Gasteiger partial charge on any atom is -0.493 e. The quantitative estimate of drug-likeness (QED) is 0.315. The molecule has 0 bridgehead atoms. The molecule has 0 unspecified atom stereocenters. The number of nitrogens with zero attached hydrogens (tertiary/aromatic N) is 4. The predicted molar refractivity (Wildman–Crippen MR) is 146 cm³/mol. The van der Waals surface area contributed by atoms with Crippen LogP contribution >= 0.6 is 11.8 Å². The van der Waals surface area contributed by atoms with Crippen LogP contribution in [0.1, 0.15) is 30.0 Å². The van der Waals surface area contributed by atoms with Gasteiger partial charge in [-0.05, 0) is 71.8 Å². The van der Waals surface area contributed by atoms with E-state index in [0.717, 1.165) is 35.5 Å². The van der Waals surface area contributed by atoms with Gasteiger partial charge in [-0.1, -0.05) is 31.2 Å². The lowest BCUT2D eigenvalue weighted by Gasteiger charge is -2.20. The van der Waals surface area contributed by atoms with Gasteiger partial charge in [-0.25, -0.2) is 0 Å². The third kappa shape index (κ3) is 5.78. The Hall–Kier alpha value is -4.24. The molecule has 2 aromatic carbocycles. The van der Waals surface area contributed by atoms with E-state index in [2.05, 4.69) is 34.1 Å². The second kappa shape index (κ2) is 11.2. The Balaban J connectivity index is 1.16. The number of carbonyl (C=O) groups excluding carboxylic acids is 1. The molecule has 9 heteroatoms. The number of hydrogen-bond acceptors (Lipinski definition) is 7. The minimum atomic E-state index is -0.462. The number of hydrazone groups is 1. The van der Waals surface area contributed by atoms with Crippen molar-refractivity contribution in [3.05, 3.63) is 95.3 Å². The van der Waals surface area contributed by atoms with Gasteiger partial charge >= 0.3 is 0 Å². The standard InChI is InChI=1S/C28H25N5O3S/c1-2-19-6-10-22(11-7-19)35-15-4-16-36-23-12-8-20(9-13-23)17-24-25(29)33-28(31-26(24)34)37-27(32-33)21-5-3-14-30-18-21/h3,5-14,17-18,29H,2,4,15-16H2,1H3/b24-17-,29-25?. The summed E-state index contributed by atoms with van der Waals surface area (Å²) >= 11 is 1.25. The van der Waals surface area contributed by atoms with Crippen LogP contribution in [0.15, 0.2) is 88.7 Å². The number of fused-ring (bicyclic) bond motifs is 1. The summed E-state index contributed by atoms with van der Waals surface area (Å²) < 4.78 is 11.6. The number of hydrogen-bond donors (Lipinski definition) is 1. The van der Waals surface area contributed by atoms with Crippen LogP contribution in [0.5, 0.6) is 11.5 Å². The molecule has 0 saturated heterocycles. The molecule has 37 heavy (non-hydrogen) atoms. The molecule has 0 saturated carbocycles. The Morgan fingerprint density at radius 2 is 1.70 bits per heavy atom. The van der Waals surface area contributed by atoms with Crippen molar-refractivity contribution in [2.24, 2.45) is 10.1 Å². The summed E-state index contributed by atoms with van der Waals surface area (Å²) in [5.41, 5.74) is 3.04. The van der Waals surface area contributed by atoms with Gasteiger partial charge in [0.05, 0.1) is 18.8 Å². The number of amides is 1. The summed E-state index contributed by atoms with van der Waals surface area (Å²) in [5, 5.41) is 15.4. The Bertz CT molecular complexity index is 1380. The highest BCUT2D eigenvalue weighted by atomic mass is 32.2. The Labute approximate surface area is 219 Å². The van der Waals surface area contributed by atoms with Gasteiger partial charge in [-0.2, -0.15) is 15.1 Å². The maximum Gasteiger partial charge on any atom is 0.283 e. The average molecular weight is 512 g/mol. The molecule has 1 N–H and O–H groups in total. The van der Waals surface area contributed by atoms with Gasteiger partial charge in [-0.3, -0.25) is 15.2 Å². The highest BCUT2D eigenvalue weighted by molar-refractivity contribution is 8.27. The number of carbonyl (C=O) groups is 1. The average Bonchev–Trinajstić information content (AvgIpc) is 3.37. The Morgan fingerprint density at radius 3 is 2.35 bits per heavy atom. The van der Waals surface area contributed by atoms with Crippen LogP contribution in [-0.4, -0.2) is 45.2 Å². The maximum absolute atomic E-state index is 12.7. The fourth-order valence-electron chi connectivity index (χ4n) is 3.69. The number of ether oxygens (including phenoxy) is 2. The summed E-state index contributed by atoms with van der Waals surface area (Å²) in [7, 11) is 0. The van der Waals surface area contributed by atoms with Crippen molar-refractivity contribution in [1.82, 2.24) is 9.99 Å². The van der Waals surface area contributed by atoms with Crippen molar-refractivity contribution in [3.63, 3.8) is 0 Å². The molecule has 186 valence electrons. The monoisotopic (exact) mass is 511 g/mol. The van der Waals surface area contributed by atoms with Crippen LogP contribution in [0.3, 0.4) is 0 Å². The predicted octanol–water partition coefficient (Wildman–Crippen LogP) is 5.16. The number of aryl methyl sites for hydroxylation is 1. The van der Waals surface area contributed by atoms with Gasteiger partial charge in [-0.15, -0.1) is 0 Å². The number of rotatable bonds is 9. The fraction of sp³-hybridized carbons (Fsp3) is 0.179. The van der Waals surface area contributed by atoms with E-state index in [1.54, 1.807) is 18.5 Å². The van der Waals surface area contributed by atoms with Gasteiger partial charge in [0.15, 0.2) is 5.84 Å². The summed E-state index contributed by atoms with van der Waals surface area (Å²) in [6.07, 6.45) is 6.78. The first-order chi connectivity index (χ1) is 18.1. The summed E-state index contributed by atoms with van der Waals surface area (Å²) in [4.78, 5) is 20.9. The van der Waals surface area contributed by atoms with Crippen LogP contribution in [0.25, 0.3) is 6.08 Å². The van der Waals surface area contributed by atoms with E-state index in [-0.39, 0.29) is 11.4 Å². The molecule has 0 fully saturated rings. The van der Waals surface area contributed by atoms with E-state index in [1.165, 1.54) is 22.3 Å². The SMILES string of the molecule is CCc1ccc(OCCCOc2ccc(/C=C3/C(=N)N4N=C(c5cccnc5)SC4=NC3=O)cc2)cc1. The van der Waals surface area contributed by atoms with Crippen molar-refractivity contribution in [2.75, 3.05) is 13.2 Å². The number of amidine groups is 2. The molecule has 2 aliphatic heterocycles. The molecule has 0 aliphatic carbocycles. The molecule has 0 radical (unpaired) electrons. The topological polar surface area (TPSA) is 100 Å². The molecule has 8 nitrogen and oxygen atoms in total. The van der Waals surface area contributed by atoms with Crippen molar-refractivity contribution in [2.45, 2.75) is 19.8 Å². The summed E-state index contributed by atoms with van der Waals surface area (Å²) in [6.45, 7) is 3.23. The van der Waals surface area contributed by atoms with E-state index in [1.807, 2.05) is 48.5 Å². The van der Waals surface area contributed by atoms with E-state index in [4.69, 9.17) is 14.9 Å². The fourth-order valence-corrected chi connectivity index (χ4v) is 4.57. The largest absolute Gasteiger partial charge is 0.493 e. The van der Waals surface area contributed by atoms with Crippen molar-refractivity contribution in [1.29, 1.82) is 5.41 Å². The molecule has 3 aromatic rings. The maximum atomic E-state index is 12.7. The van der Waals surface area contributed by atoms with Crippen LogP contribution in [0.2, 0.25) is 0 Å². The number of thioether (sulfide) groups is 1. The summed E-state index contributed by atoms with van der Waals surface area (Å²) in [5.74, 6) is 1.11. The minimum absolute atomic E-state index is 0.00829. The first-order valence-corrected chi connectivity index (χ1v) is 12.8. The van der Waals surface area contributed by atoms with Crippen LogP contribution in [-0.2, 0) is 11.2 Å². The number of nitrogens with one attached hydrogen (secondary N) is 1. The zero-order valence-corrected chi connectivity index (χ0v) is 21.1. The van der Waals surface area contributed by atoms with Crippen LogP contribution < -0.4 is 9.47 Å². The highest BCUT2D eigenvalue weighted by Crippen LogP contribution is 2.30. The first-order valence-electron chi connectivity index (χ1n) is 12.0. The lowest BCUT2D eigenvalue weighted by molar-refractivity contribution is -0.114. The third-order valence-corrected chi connectivity index (χ3v) is 6.67. The molecule has 1 amide bonds. The number of aromatic nitrogens is 1. The normalized spacial score (nSPS) is 15.9. The smallest absolute Gasteiger partial charge is 0.283 e. The third-order valence-electron chi connectivity index (χ3n) is 5.71. The lowest BCUT2D eigenvalue weighted by Crippen LogP contribution is -2.35. The second-order valence-electron chi connectivity index (χ2n) is 8.28. The lowest BCUT2D eigenvalue weighted by atomic mass is 10.1. The molecular weight excluding hydrogens is 486 g/mol. The number of aliphatic imine (C=N–C) groups is 1. The Kier molecular flexibility index (Phi) is 7.41. The van der Waals surface area contributed by atoms with E-state index in [0.29, 0.717) is 23.4 Å². The van der Waals surface area contributed by atoms with Gasteiger partial charge in [0.1, 0.15) is 16.5 Å². The van der Waals surface area contributed by atoms with Crippen molar-refractivity contribution >= 4 is 39.8 Å². The highest BCUT2D eigenvalue weighted by Gasteiger charge is 2.36. The molecular formula is C28H25N5O3S. The summed E-state index contributed by atoms with van der Waals surface area (Å²) in [6, 6.07) is 19.2. The van der Waals surface area contributed by atoms with Crippen molar-refractivity contribution < 1.29 is 14.3 Å². The van der Waals surface area contributed by atoms with E-state index < -0.39 is 5.91 Å².